The molecular weight excluding hydrogens is 298 g/mol. The Hall–Kier alpha value is -2.13. The van der Waals surface area contributed by atoms with E-state index in [1.54, 1.807) is 0 Å². The summed E-state index contributed by atoms with van der Waals surface area (Å²) in [6.45, 7) is 3.38. The SMILES string of the molecule is Cc1cccc(CCC(=O)N(C)CC2Cc3ccccc3CO2)c1. The molecular formula is C21H25NO2. The normalized spacial score (nSPS) is 16.5. The van der Waals surface area contributed by atoms with E-state index in [2.05, 4.69) is 43.3 Å². The molecule has 0 spiro atoms. The number of hydrogen-bond acceptors (Lipinski definition) is 2. The Bertz CT molecular complexity index is 710. The monoisotopic (exact) mass is 323 g/mol. The lowest BCUT2D eigenvalue weighted by molar-refractivity contribution is -0.132. The van der Waals surface area contributed by atoms with Crippen LogP contribution < -0.4 is 0 Å². The summed E-state index contributed by atoms with van der Waals surface area (Å²) in [6.07, 6.45) is 2.31. The standard InChI is InChI=1S/C21H25NO2/c1-16-6-5-7-17(12-16)10-11-21(23)22(2)14-20-13-18-8-3-4-9-19(18)15-24-20/h3-9,12,20H,10-11,13-15H2,1-2H3. The summed E-state index contributed by atoms with van der Waals surface area (Å²) >= 11 is 0. The van der Waals surface area contributed by atoms with Crippen LogP contribution in [0.2, 0.25) is 0 Å². The summed E-state index contributed by atoms with van der Waals surface area (Å²) in [5.74, 6) is 0.180. The first-order valence-corrected chi connectivity index (χ1v) is 8.59. The van der Waals surface area contributed by atoms with Crippen LogP contribution >= 0.6 is 0 Å². The van der Waals surface area contributed by atoms with Crippen molar-refractivity contribution in [1.82, 2.24) is 4.90 Å². The van der Waals surface area contributed by atoms with Gasteiger partial charge in [-0.1, -0.05) is 54.1 Å². The largest absolute Gasteiger partial charge is 0.371 e. The third kappa shape index (κ3) is 4.24. The molecule has 1 unspecified atom stereocenters. The van der Waals surface area contributed by atoms with Crippen molar-refractivity contribution in [1.29, 1.82) is 0 Å². The molecule has 1 amide bonds. The van der Waals surface area contributed by atoms with E-state index in [1.165, 1.54) is 22.3 Å². The van der Waals surface area contributed by atoms with Crippen molar-refractivity contribution in [2.45, 2.75) is 38.9 Å². The first kappa shape index (κ1) is 16.7. The van der Waals surface area contributed by atoms with Crippen LogP contribution in [0, 0.1) is 6.92 Å². The topological polar surface area (TPSA) is 29.5 Å². The molecule has 3 heteroatoms. The Morgan fingerprint density at radius 2 is 1.96 bits per heavy atom. The van der Waals surface area contributed by atoms with E-state index < -0.39 is 0 Å². The van der Waals surface area contributed by atoms with E-state index in [1.807, 2.05) is 24.1 Å². The maximum atomic E-state index is 12.4. The number of carbonyl (C=O) groups is 1. The van der Waals surface area contributed by atoms with Gasteiger partial charge in [0, 0.05) is 26.4 Å². The number of likely N-dealkylation sites (N-methyl/N-ethyl adjacent to an activating group) is 1. The highest BCUT2D eigenvalue weighted by Gasteiger charge is 2.21. The zero-order valence-electron chi connectivity index (χ0n) is 14.5. The van der Waals surface area contributed by atoms with E-state index in [4.69, 9.17) is 4.74 Å². The molecule has 0 saturated heterocycles. The predicted molar refractivity (Wildman–Crippen MR) is 95.9 cm³/mol. The molecule has 1 heterocycles. The summed E-state index contributed by atoms with van der Waals surface area (Å²) in [5.41, 5.74) is 5.07. The Morgan fingerprint density at radius 1 is 1.17 bits per heavy atom. The maximum Gasteiger partial charge on any atom is 0.222 e. The zero-order valence-corrected chi connectivity index (χ0v) is 14.5. The van der Waals surface area contributed by atoms with Gasteiger partial charge < -0.3 is 9.64 Å². The summed E-state index contributed by atoms with van der Waals surface area (Å²) in [6, 6.07) is 16.7. The highest BCUT2D eigenvalue weighted by molar-refractivity contribution is 5.76. The van der Waals surface area contributed by atoms with Gasteiger partial charge in [0.2, 0.25) is 5.91 Å². The predicted octanol–water partition coefficient (Wildman–Crippen LogP) is 3.53. The number of ether oxygens (including phenoxy) is 1. The second-order valence-electron chi connectivity index (χ2n) is 6.67. The molecule has 0 fully saturated rings. The lowest BCUT2D eigenvalue weighted by Crippen LogP contribution is -2.38. The molecule has 3 rings (SSSR count). The minimum Gasteiger partial charge on any atom is -0.371 e. The first-order valence-electron chi connectivity index (χ1n) is 8.59. The molecule has 1 atom stereocenters. The molecule has 3 nitrogen and oxygen atoms in total. The fraction of sp³-hybridized carbons (Fsp3) is 0.381. The number of aryl methyl sites for hydroxylation is 2. The Balaban J connectivity index is 1.50. The van der Waals surface area contributed by atoms with Crippen molar-refractivity contribution in [3.63, 3.8) is 0 Å². The van der Waals surface area contributed by atoms with Crippen LogP contribution in [0.1, 0.15) is 28.7 Å². The third-order valence-electron chi connectivity index (χ3n) is 4.65. The highest BCUT2D eigenvalue weighted by Crippen LogP contribution is 2.20. The van der Waals surface area contributed by atoms with Gasteiger partial charge in [-0.15, -0.1) is 0 Å². The van der Waals surface area contributed by atoms with Crippen LogP contribution in [0.4, 0.5) is 0 Å². The second-order valence-corrected chi connectivity index (χ2v) is 6.67. The van der Waals surface area contributed by atoms with Crippen LogP contribution in [0.3, 0.4) is 0 Å². The number of amides is 1. The number of benzene rings is 2. The van der Waals surface area contributed by atoms with Gasteiger partial charge in [0.05, 0.1) is 12.7 Å². The molecule has 0 saturated carbocycles. The summed E-state index contributed by atoms with van der Waals surface area (Å²) in [4.78, 5) is 14.2. The summed E-state index contributed by atoms with van der Waals surface area (Å²) < 4.78 is 5.91. The van der Waals surface area contributed by atoms with Gasteiger partial charge in [-0.05, 0) is 30.0 Å². The average Bonchev–Trinajstić information content (AvgIpc) is 2.59. The zero-order chi connectivity index (χ0) is 16.9. The van der Waals surface area contributed by atoms with E-state index in [9.17, 15) is 4.79 Å². The van der Waals surface area contributed by atoms with Gasteiger partial charge in [-0.25, -0.2) is 0 Å². The molecule has 1 aliphatic heterocycles. The van der Waals surface area contributed by atoms with Gasteiger partial charge in [-0.3, -0.25) is 4.79 Å². The molecule has 0 bridgehead atoms. The minimum atomic E-state index is 0.0906. The fourth-order valence-corrected chi connectivity index (χ4v) is 3.24. The number of carbonyl (C=O) groups excluding carboxylic acids is 1. The highest BCUT2D eigenvalue weighted by atomic mass is 16.5. The van der Waals surface area contributed by atoms with E-state index in [0.29, 0.717) is 19.6 Å². The molecule has 0 radical (unpaired) electrons. The van der Waals surface area contributed by atoms with Crippen LogP contribution in [-0.2, 0) is 29.0 Å². The van der Waals surface area contributed by atoms with Crippen molar-refractivity contribution in [3.8, 4) is 0 Å². The average molecular weight is 323 g/mol. The quantitative estimate of drug-likeness (QED) is 0.842. The van der Waals surface area contributed by atoms with E-state index >= 15 is 0 Å². The van der Waals surface area contributed by atoms with E-state index in [0.717, 1.165) is 12.8 Å². The van der Waals surface area contributed by atoms with E-state index in [-0.39, 0.29) is 12.0 Å². The van der Waals surface area contributed by atoms with Crippen molar-refractivity contribution in [3.05, 3.63) is 70.8 Å². The number of fused-ring (bicyclic) bond motifs is 1. The van der Waals surface area contributed by atoms with Crippen molar-refractivity contribution in [2.75, 3.05) is 13.6 Å². The lowest BCUT2D eigenvalue weighted by Gasteiger charge is -2.29. The Labute approximate surface area is 144 Å². The number of nitrogens with zero attached hydrogens (tertiary/aromatic N) is 1. The van der Waals surface area contributed by atoms with Gasteiger partial charge in [0.25, 0.3) is 0 Å². The molecule has 2 aromatic carbocycles. The minimum absolute atomic E-state index is 0.0906. The molecule has 0 aromatic heterocycles. The van der Waals surface area contributed by atoms with Gasteiger partial charge in [0.15, 0.2) is 0 Å². The van der Waals surface area contributed by atoms with Crippen LogP contribution in [-0.4, -0.2) is 30.5 Å². The molecule has 2 aromatic rings. The Kier molecular flexibility index (Phi) is 5.31. The molecule has 24 heavy (non-hydrogen) atoms. The van der Waals surface area contributed by atoms with Crippen molar-refractivity contribution >= 4 is 5.91 Å². The maximum absolute atomic E-state index is 12.4. The van der Waals surface area contributed by atoms with Crippen molar-refractivity contribution < 1.29 is 9.53 Å². The number of rotatable bonds is 5. The third-order valence-corrected chi connectivity index (χ3v) is 4.65. The second kappa shape index (κ2) is 7.63. The van der Waals surface area contributed by atoms with Gasteiger partial charge in [0.1, 0.15) is 0 Å². The summed E-state index contributed by atoms with van der Waals surface area (Å²) in [7, 11) is 1.88. The molecule has 0 aliphatic carbocycles. The molecule has 1 aliphatic rings. The van der Waals surface area contributed by atoms with Gasteiger partial charge >= 0.3 is 0 Å². The molecule has 126 valence electrons. The smallest absolute Gasteiger partial charge is 0.222 e. The fourth-order valence-electron chi connectivity index (χ4n) is 3.24. The molecule has 0 N–H and O–H groups in total. The Morgan fingerprint density at radius 3 is 2.75 bits per heavy atom. The van der Waals surface area contributed by atoms with Crippen molar-refractivity contribution in [2.24, 2.45) is 0 Å². The van der Waals surface area contributed by atoms with Crippen LogP contribution in [0.25, 0.3) is 0 Å². The first-order chi connectivity index (χ1) is 11.6. The van der Waals surface area contributed by atoms with Crippen LogP contribution in [0.15, 0.2) is 48.5 Å². The number of hydrogen-bond donors (Lipinski definition) is 0. The van der Waals surface area contributed by atoms with Gasteiger partial charge in [-0.2, -0.15) is 0 Å². The van der Waals surface area contributed by atoms with Crippen LogP contribution in [0.5, 0.6) is 0 Å². The summed E-state index contributed by atoms with van der Waals surface area (Å²) in [5, 5.41) is 0. The lowest BCUT2D eigenvalue weighted by atomic mass is 9.99.